The number of carbonyl (C=O) groups is 1. The molecule has 5 heteroatoms. The highest BCUT2D eigenvalue weighted by molar-refractivity contribution is 5.77. The zero-order valence-electron chi connectivity index (χ0n) is 8.97. The molecule has 0 N–H and O–H groups in total. The maximum Gasteiger partial charge on any atom is 0.269 e. The first-order valence-electron chi connectivity index (χ1n) is 5.08. The summed E-state index contributed by atoms with van der Waals surface area (Å²) in [6, 6.07) is 4.80. The second-order valence-corrected chi connectivity index (χ2v) is 3.96. The van der Waals surface area contributed by atoms with Gasteiger partial charge in [0.1, 0.15) is 0 Å². The van der Waals surface area contributed by atoms with Gasteiger partial charge in [0, 0.05) is 32.1 Å². The molecular weight excluding hydrogens is 208 g/mol. The molecule has 5 nitrogen and oxygen atoms in total. The van der Waals surface area contributed by atoms with E-state index in [-0.39, 0.29) is 11.6 Å². The summed E-state index contributed by atoms with van der Waals surface area (Å²) in [5.74, 6) is 0.0823. The minimum absolute atomic E-state index is 0.0823. The van der Waals surface area contributed by atoms with Gasteiger partial charge in [-0.05, 0) is 17.5 Å². The lowest BCUT2D eigenvalue weighted by Crippen LogP contribution is -2.24. The van der Waals surface area contributed by atoms with Crippen LogP contribution in [0.25, 0.3) is 0 Å². The molecule has 0 spiro atoms. The van der Waals surface area contributed by atoms with Crippen LogP contribution in [0.2, 0.25) is 0 Å². The molecule has 1 aliphatic heterocycles. The second-order valence-electron chi connectivity index (χ2n) is 3.96. The van der Waals surface area contributed by atoms with Crippen LogP contribution in [0.4, 0.5) is 5.69 Å². The van der Waals surface area contributed by atoms with E-state index in [2.05, 4.69) is 0 Å². The minimum Gasteiger partial charge on any atom is -0.341 e. The van der Waals surface area contributed by atoms with Crippen LogP contribution in [0.1, 0.15) is 17.5 Å². The third-order valence-corrected chi connectivity index (χ3v) is 2.84. The monoisotopic (exact) mass is 220 g/mol. The SMILES string of the molecule is CN1Cc2cc([N+](=O)[O-])ccc2CCC1=O. The summed E-state index contributed by atoms with van der Waals surface area (Å²) in [4.78, 5) is 23.3. The van der Waals surface area contributed by atoms with Crippen molar-refractivity contribution in [3.63, 3.8) is 0 Å². The van der Waals surface area contributed by atoms with Gasteiger partial charge in [-0.3, -0.25) is 14.9 Å². The van der Waals surface area contributed by atoms with E-state index in [1.165, 1.54) is 6.07 Å². The van der Waals surface area contributed by atoms with Crippen molar-refractivity contribution in [3.8, 4) is 0 Å². The van der Waals surface area contributed by atoms with Gasteiger partial charge in [0.15, 0.2) is 0 Å². The van der Waals surface area contributed by atoms with Crippen LogP contribution < -0.4 is 0 Å². The van der Waals surface area contributed by atoms with Crippen LogP contribution in [0.15, 0.2) is 18.2 Å². The number of fused-ring (bicyclic) bond motifs is 1. The Balaban J connectivity index is 2.39. The van der Waals surface area contributed by atoms with Crippen LogP contribution in [0.3, 0.4) is 0 Å². The third kappa shape index (κ3) is 1.88. The van der Waals surface area contributed by atoms with E-state index in [0.717, 1.165) is 11.1 Å². The Kier molecular flexibility index (Phi) is 2.60. The largest absolute Gasteiger partial charge is 0.341 e. The first kappa shape index (κ1) is 10.6. The Labute approximate surface area is 92.8 Å². The average molecular weight is 220 g/mol. The number of non-ortho nitro benzene ring substituents is 1. The van der Waals surface area contributed by atoms with Gasteiger partial charge < -0.3 is 4.90 Å². The van der Waals surface area contributed by atoms with Crippen molar-refractivity contribution in [3.05, 3.63) is 39.4 Å². The molecule has 0 saturated carbocycles. The Bertz CT molecular complexity index is 457. The highest BCUT2D eigenvalue weighted by atomic mass is 16.6. The summed E-state index contributed by atoms with van der Waals surface area (Å²) in [5, 5.41) is 10.6. The lowest BCUT2D eigenvalue weighted by atomic mass is 10.0. The summed E-state index contributed by atoms with van der Waals surface area (Å²) in [6.07, 6.45) is 1.14. The molecule has 0 unspecified atom stereocenters. The summed E-state index contributed by atoms with van der Waals surface area (Å²) in [6.45, 7) is 0.454. The second kappa shape index (κ2) is 3.92. The van der Waals surface area contributed by atoms with E-state index in [0.29, 0.717) is 19.4 Å². The normalized spacial score (nSPS) is 15.6. The highest BCUT2D eigenvalue weighted by Crippen LogP contribution is 2.23. The van der Waals surface area contributed by atoms with Gasteiger partial charge >= 0.3 is 0 Å². The third-order valence-electron chi connectivity index (χ3n) is 2.84. The molecule has 0 bridgehead atoms. The van der Waals surface area contributed by atoms with Gasteiger partial charge in [0.2, 0.25) is 5.91 Å². The highest BCUT2D eigenvalue weighted by Gasteiger charge is 2.19. The van der Waals surface area contributed by atoms with E-state index in [4.69, 9.17) is 0 Å². The lowest BCUT2D eigenvalue weighted by molar-refractivity contribution is -0.384. The van der Waals surface area contributed by atoms with E-state index < -0.39 is 4.92 Å². The topological polar surface area (TPSA) is 63.4 Å². The molecule has 1 aliphatic rings. The predicted molar refractivity (Wildman–Crippen MR) is 57.9 cm³/mol. The van der Waals surface area contributed by atoms with Gasteiger partial charge in [0.05, 0.1) is 4.92 Å². The van der Waals surface area contributed by atoms with Crippen molar-refractivity contribution < 1.29 is 9.72 Å². The van der Waals surface area contributed by atoms with Crippen molar-refractivity contribution in [2.75, 3.05) is 7.05 Å². The molecule has 0 aromatic heterocycles. The van der Waals surface area contributed by atoms with E-state index >= 15 is 0 Å². The molecule has 16 heavy (non-hydrogen) atoms. The molecule has 1 aromatic carbocycles. The number of aryl methyl sites for hydroxylation is 1. The molecule has 1 aromatic rings. The van der Waals surface area contributed by atoms with Crippen LogP contribution in [0.5, 0.6) is 0 Å². The molecule has 0 fully saturated rings. The van der Waals surface area contributed by atoms with Crippen molar-refractivity contribution in [1.82, 2.24) is 4.90 Å². The van der Waals surface area contributed by atoms with E-state index in [9.17, 15) is 14.9 Å². The van der Waals surface area contributed by atoms with Crippen molar-refractivity contribution >= 4 is 11.6 Å². The number of carbonyl (C=O) groups excluding carboxylic acids is 1. The predicted octanol–water partition coefficient (Wildman–Crippen LogP) is 1.50. The number of nitro benzene ring substituents is 1. The molecule has 1 amide bonds. The summed E-state index contributed by atoms with van der Waals surface area (Å²) in [5.41, 5.74) is 1.99. The molecule has 84 valence electrons. The smallest absolute Gasteiger partial charge is 0.269 e. The molecule has 0 radical (unpaired) electrons. The number of amides is 1. The fourth-order valence-electron chi connectivity index (χ4n) is 1.89. The average Bonchev–Trinajstić information content (AvgIpc) is 2.38. The minimum atomic E-state index is -0.410. The van der Waals surface area contributed by atoms with E-state index in [1.54, 1.807) is 24.1 Å². The Morgan fingerprint density at radius 2 is 2.06 bits per heavy atom. The van der Waals surface area contributed by atoms with Crippen molar-refractivity contribution in [2.45, 2.75) is 19.4 Å². The number of benzene rings is 1. The summed E-state index contributed by atoms with van der Waals surface area (Å²) >= 11 is 0. The zero-order chi connectivity index (χ0) is 11.7. The van der Waals surface area contributed by atoms with Crippen LogP contribution >= 0.6 is 0 Å². The maximum atomic E-state index is 11.5. The van der Waals surface area contributed by atoms with Gasteiger partial charge in [-0.25, -0.2) is 0 Å². The Morgan fingerprint density at radius 1 is 1.31 bits per heavy atom. The van der Waals surface area contributed by atoms with Gasteiger partial charge in [-0.1, -0.05) is 6.07 Å². The number of nitro groups is 1. The van der Waals surface area contributed by atoms with Crippen molar-refractivity contribution in [2.24, 2.45) is 0 Å². The molecule has 2 rings (SSSR count). The van der Waals surface area contributed by atoms with Gasteiger partial charge in [0.25, 0.3) is 5.69 Å². The van der Waals surface area contributed by atoms with Gasteiger partial charge in [-0.15, -0.1) is 0 Å². The zero-order valence-corrected chi connectivity index (χ0v) is 8.97. The van der Waals surface area contributed by atoms with Crippen molar-refractivity contribution in [1.29, 1.82) is 0 Å². The van der Waals surface area contributed by atoms with E-state index in [1.807, 2.05) is 0 Å². The van der Waals surface area contributed by atoms with Crippen LogP contribution in [-0.2, 0) is 17.8 Å². The number of hydrogen-bond acceptors (Lipinski definition) is 3. The number of rotatable bonds is 1. The summed E-state index contributed by atoms with van der Waals surface area (Å²) < 4.78 is 0. The number of nitrogens with zero attached hydrogens (tertiary/aromatic N) is 2. The first-order chi connectivity index (χ1) is 7.58. The Morgan fingerprint density at radius 3 is 2.75 bits per heavy atom. The van der Waals surface area contributed by atoms with Crippen LogP contribution in [-0.4, -0.2) is 22.8 Å². The molecule has 1 heterocycles. The first-order valence-corrected chi connectivity index (χ1v) is 5.08. The van der Waals surface area contributed by atoms with Gasteiger partial charge in [-0.2, -0.15) is 0 Å². The van der Waals surface area contributed by atoms with Crippen LogP contribution in [0, 0.1) is 10.1 Å². The fourth-order valence-corrected chi connectivity index (χ4v) is 1.89. The molecule has 0 atom stereocenters. The number of hydrogen-bond donors (Lipinski definition) is 0. The standard InChI is InChI=1S/C11H12N2O3/c1-12-7-9-6-10(13(15)16)4-2-8(9)3-5-11(12)14/h2,4,6H,3,5,7H2,1H3. The quantitative estimate of drug-likeness (QED) is 0.532. The molecular formula is C11H12N2O3. The molecule has 0 saturated heterocycles. The lowest BCUT2D eigenvalue weighted by Gasteiger charge is -2.13. The Hall–Kier alpha value is -1.91. The maximum absolute atomic E-state index is 11.5. The fraction of sp³-hybridized carbons (Fsp3) is 0.364. The molecule has 0 aliphatic carbocycles. The summed E-state index contributed by atoms with van der Waals surface area (Å²) in [7, 11) is 1.72.